The first kappa shape index (κ1) is 12.8. The minimum atomic E-state index is 0.949. The van der Waals surface area contributed by atoms with Crippen molar-refractivity contribution < 1.29 is 0 Å². The second-order valence-corrected chi connectivity index (χ2v) is 6.45. The average Bonchev–Trinajstić information content (AvgIpc) is 3.08. The van der Waals surface area contributed by atoms with Gasteiger partial charge in [0.25, 0.3) is 0 Å². The highest BCUT2D eigenvalue weighted by Crippen LogP contribution is 2.33. The van der Waals surface area contributed by atoms with E-state index >= 15 is 0 Å². The van der Waals surface area contributed by atoms with E-state index in [1.807, 2.05) is 13.2 Å². The molecule has 0 atom stereocenters. The number of anilines is 2. The van der Waals surface area contributed by atoms with Gasteiger partial charge in [0.05, 0.1) is 10.6 Å². The van der Waals surface area contributed by atoms with Crippen LogP contribution in [0.25, 0.3) is 10.6 Å². The Morgan fingerprint density at radius 3 is 2.74 bits per heavy atom. The number of thiazole rings is 2. The van der Waals surface area contributed by atoms with Crippen molar-refractivity contribution in [1.29, 1.82) is 0 Å². The van der Waals surface area contributed by atoms with Crippen LogP contribution in [0, 0.1) is 0 Å². The van der Waals surface area contributed by atoms with Gasteiger partial charge < -0.3 is 15.1 Å². The van der Waals surface area contributed by atoms with Crippen LogP contribution in [-0.2, 0) is 0 Å². The molecule has 1 fully saturated rings. The molecule has 0 unspecified atom stereocenters. The largest absolute Gasteiger partial charge is 0.365 e. The Kier molecular flexibility index (Phi) is 3.67. The van der Waals surface area contributed by atoms with E-state index in [0.717, 1.165) is 47.0 Å². The molecular weight excluding hydrogens is 278 g/mol. The number of hydrogen-bond acceptors (Lipinski definition) is 7. The van der Waals surface area contributed by atoms with Gasteiger partial charge in [-0.25, -0.2) is 9.97 Å². The third-order valence-corrected chi connectivity index (χ3v) is 5.18. The van der Waals surface area contributed by atoms with Gasteiger partial charge in [0, 0.05) is 44.8 Å². The topological polar surface area (TPSA) is 44.3 Å². The lowest BCUT2D eigenvalue weighted by Crippen LogP contribution is -2.44. The zero-order valence-corrected chi connectivity index (χ0v) is 12.7. The Morgan fingerprint density at radius 1 is 1.26 bits per heavy atom. The molecular formula is C12H17N5S2. The van der Waals surface area contributed by atoms with Crippen molar-refractivity contribution in [2.45, 2.75) is 0 Å². The number of piperazine rings is 1. The normalized spacial score (nSPS) is 16.8. The van der Waals surface area contributed by atoms with Crippen LogP contribution < -0.4 is 10.2 Å². The van der Waals surface area contributed by atoms with Gasteiger partial charge in [-0.15, -0.1) is 11.3 Å². The predicted octanol–water partition coefficient (Wildman–Crippen LogP) is 2.06. The molecule has 0 aliphatic carbocycles. The molecule has 1 aliphatic heterocycles. The first-order valence-electron chi connectivity index (χ1n) is 6.29. The maximum absolute atomic E-state index is 4.55. The van der Waals surface area contributed by atoms with Crippen molar-refractivity contribution in [3.63, 3.8) is 0 Å². The van der Waals surface area contributed by atoms with Crippen LogP contribution in [-0.4, -0.2) is 55.1 Å². The Hall–Kier alpha value is -1.18. The van der Waals surface area contributed by atoms with Crippen molar-refractivity contribution in [3.8, 4) is 10.6 Å². The summed E-state index contributed by atoms with van der Waals surface area (Å²) >= 11 is 3.36. The fraction of sp³-hybridized carbons (Fsp3) is 0.500. The van der Waals surface area contributed by atoms with Crippen molar-refractivity contribution in [3.05, 3.63) is 11.6 Å². The van der Waals surface area contributed by atoms with E-state index in [9.17, 15) is 0 Å². The lowest BCUT2D eigenvalue weighted by Gasteiger charge is -2.32. The lowest BCUT2D eigenvalue weighted by molar-refractivity contribution is 0.313. The Morgan fingerprint density at radius 2 is 2.05 bits per heavy atom. The van der Waals surface area contributed by atoms with E-state index in [1.54, 1.807) is 22.7 Å². The molecule has 0 spiro atoms. The minimum Gasteiger partial charge on any atom is -0.365 e. The number of likely N-dealkylation sites (N-methyl/N-ethyl adjacent to an activating group) is 1. The molecule has 3 heterocycles. The molecule has 0 bridgehead atoms. The van der Waals surface area contributed by atoms with E-state index in [0.29, 0.717) is 0 Å². The third kappa shape index (κ3) is 2.72. The highest BCUT2D eigenvalue weighted by Gasteiger charge is 2.18. The smallest absolute Gasteiger partial charge is 0.185 e. The fourth-order valence-corrected chi connectivity index (χ4v) is 3.70. The first-order chi connectivity index (χ1) is 9.26. The van der Waals surface area contributed by atoms with Gasteiger partial charge in [0.15, 0.2) is 10.3 Å². The molecule has 102 valence electrons. The van der Waals surface area contributed by atoms with E-state index in [4.69, 9.17) is 0 Å². The molecule has 0 amide bonds. The summed E-state index contributed by atoms with van der Waals surface area (Å²) in [6.45, 7) is 4.33. The van der Waals surface area contributed by atoms with Crippen LogP contribution >= 0.6 is 22.7 Å². The van der Waals surface area contributed by atoms with E-state index in [1.165, 1.54) is 0 Å². The summed E-state index contributed by atoms with van der Waals surface area (Å²) < 4.78 is 0. The van der Waals surface area contributed by atoms with Crippen LogP contribution in [0.1, 0.15) is 0 Å². The number of nitrogens with one attached hydrogen (secondary N) is 1. The van der Waals surface area contributed by atoms with Crippen molar-refractivity contribution in [1.82, 2.24) is 14.9 Å². The Bertz CT molecular complexity index is 542. The maximum Gasteiger partial charge on any atom is 0.185 e. The molecule has 0 aromatic carbocycles. The summed E-state index contributed by atoms with van der Waals surface area (Å²) in [6, 6.07) is 0. The number of aromatic nitrogens is 2. The number of hydrogen-bond donors (Lipinski definition) is 1. The molecule has 2 aromatic heterocycles. The summed E-state index contributed by atoms with van der Waals surface area (Å²) in [5.74, 6) is 0. The summed E-state index contributed by atoms with van der Waals surface area (Å²) in [4.78, 5) is 14.9. The van der Waals surface area contributed by atoms with Gasteiger partial charge in [-0.3, -0.25) is 0 Å². The Balaban J connectivity index is 1.75. The van der Waals surface area contributed by atoms with Gasteiger partial charge in [0.2, 0.25) is 0 Å². The second-order valence-electron chi connectivity index (χ2n) is 4.59. The fourth-order valence-electron chi connectivity index (χ4n) is 2.03. The highest BCUT2D eigenvalue weighted by atomic mass is 32.1. The summed E-state index contributed by atoms with van der Waals surface area (Å²) in [5, 5.41) is 7.21. The SMILES string of the molecule is CNc1nc(-c2cnc(N3CCN(C)CC3)s2)cs1. The zero-order valence-electron chi connectivity index (χ0n) is 11.1. The third-order valence-electron chi connectivity index (χ3n) is 3.24. The standard InChI is InChI=1S/C12H17N5S2/c1-13-11-15-9(8-18-11)10-7-14-12(19-10)17-5-3-16(2)4-6-17/h7-8H,3-6H2,1-2H3,(H,13,15). The molecule has 5 nitrogen and oxygen atoms in total. The molecule has 7 heteroatoms. The number of rotatable bonds is 3. The van der Waals surface area contributed by atoms with Crippen LogP contribution in [0.2, 0.25) is 0 Å². The van der Waals surface area contributed by atoms with Crippen LogP contribution in [0.15, 0.2) is 11.6 Å². The van der Waals surface area contributed by atoms with Gasteiger partial charge in [0.1, 0.15) is 0 Å². The Labute approximate surface area is 120 Å². The predicted molar refractivity (Wildman–Crippen MR) is 82.5 cm³/mol. The lowest BCUT2D eigenvalue weighted by atomic mass is 10.3. The molecule has 0 saturated carbocycles. The second kappa shape index (κ2) is 5.44. The van der Waals surface area contributed by atoms with Gasteiger partial charge >= 0.3 is 0 Å². The maximum atomic E-state index is 4.55. The summed E-state index contributed by atoms with van der Waals surface area (Å²) in [5.41, 5.74) is 1.02. The van der Waals surface area contributed by atoms with Gasteiger partial charge in [-0.05, 0) is 7.05 Å². The quantitative estimate of drug-likeness (QED) is 0.939. The minimum absolute atomic E-state index is 0.949. The van der Waals surface area contributed by atoms with E-state index < -0.39 is 0 Å². The summed E-state index contributed by atoms with van der Waals surface area (Å²) in [7, 11) is 4.06. The molecule has 1 N–H and O–H groups in total. The highest BCUT2D eigenvalue weighted by molar-refractivity contribution is 7.19. The van der Waals surface area contributed by atoms with Crippen molar-refractivity contribution in [2.75, 3.05) is 50.5 Å². The summed E-state index contributed by atoms with van der Waals surface area (Å²) in [6.07, 6.45) is 1.94. The molecule has 0 radical (unpaired) electrons. The molecule has 1 aliphatic rings. The van der Waals surface area contributed by atoms with Crippen molar-refractivity contribution in [2.24, 2.45) is 0 Å². The van der Waals surface area contributed by atoms with Crippen LogP contribution in [0.3, 0.4) is 0 Å². The first-order valence-corrected chi connectivity index (χ1v) is 7.99. The van der Waals surface area contributed by atoms with Crippen molar-refractivity contribution >= 4 is 32.9 Å². The van der Waals surface area contributed by atoms with Crippen LogP contribution in [0.5, 0.6) is 0 Å². The molecule has 1 saturated heterocycles. The molecule has 19 heavy (non-hydrogen) atoms. The van der Waals surface area contributed by atoms with E-state index in [-0.39, 0.29) is 0 Å². The zero-order chi connectivity index (χ0) is 13.2. The monoisotopic (exact) mass is 295 g/mol. The van der Waals surface area contributed by atoms with Crippen LogP contribution in [0.4, 0.5) is 10.3 Å². The van der Waals surface area contributed by atoms with E-state index in [2.05, 4.69) is 37.5 Å². The van der Waals surface area contributed by atoms with Gasteiger partial charge in [-0.2, -0.15) is 0 Å². The van der Waals surface area contributed by atoms with Gasteiger partial charge in [-0.1, -0.05) is 11.3 Å². The average molecular weight is 295 g/mol. The molecule has 3 rings (SSSR count). The molecule has 2 aromatic rings. The number of nitrogens with zero attached hydrogens (tertiary/aromatic N) is 4.